The maximum Gasteiger partial charge on any atom is 0.139 e. The molecule has 2 saturated heterocycles. The molecule has 0 aromatic carbocycles. The summed E-state index contributed by atoms with van der Waals surface area (Å²) in [7, 11) is 2.04. The molecule has 3 rings (SSSR count). The van der Waals surface area contributed by atoms with E-state index in [1.54, 1.807) is 0 Å². The summed E-state index contributed by atoms with van der Waals surface area (Å²) in [6.45, 7) is 0.842. The number of nitrogens with zero attached hydrogens (tertiary/aromatic N) is 2. The summed E-state index contributed by atoms with van der Waals surface area (Å²) in [4.78, 5) is 4.43. The third kappa shape index (κ3) is 2.58. The molecular weight excluding hydrogens is 246 g/mol. The number of hydrogen-bond acceptors (Lipinski definition) is 4. The molecule has 0 radical (unpaired) electrons. The molecule has 2 aliphatic heterocycles. The topological polar surface area (TPSA) is 39.1 Å². The molecule has 1 aromatic heterocycles. The number of hydrogen-bond donors (Lipinski definition) is 1. The number of rotatable bonds is 3. The van der Waals surface area contributed by atoms with E-state index in [0.29, 0.717) is 12.1 Å². The first-order chi connectivity index (χ1) is 8.84. The normalized spacial score (nSPS) is 32.8. The Labute approximate surface area is 112 Å². The van der Waals surface area contributed by atoms with Crippen LogP contribution in [0.2, 0.25) is 0 Å². The molecule has 0 aliphatic carbocycles. The van der Waals surface area contributed by atoms with Crippen LogP contribution in [-0.4, -0.2) is 39.7 Å². The minimum Gasteiger partial charge on any atom is -0.369 e. The Balaban J connectivity index is 1.66. The number of thioether (sulfide) groups is 1. The summed E-state index contributed by atoms with van der Waals surface area (Å²) >= 11 is 2.06. The highest BCUT2D eigenvalue weighted by atomic mass is 32.2. The van der Waals surface area contributed by atoms with Gasteiger partial charge in [0.05, 0.1) is 0 Å². The van der Waals surface area contributed by atoms with Gasteiger partial charge < -0.3 is 14.6 Å². The van der Waals surface area contributed by atoms with Gasteiger partial charge in [-0.25, -0.2) is 4.98 Å². The molecule has 2 aliphatic rings. The van der Waals surface area contributed by atoms with E-state index >= 15 is 0 Å². The predicted molar refractivity (Wildman–Crippen MR) is 73.8 cm³/mol. The average Bonchev–Trinajstić information content (AvgIpc) is 2.99. The second-order valence-electron chi connectivity index (χ2n) is 5.16. The summed E-state index contributed by atoms with van der Waals surface area (Å²) in [6.07, 6.45) is 7.70. The zero-order chi connectivity index (χ0) is 12.4. The van der Waals surface area contributed by atoms with Gasteiger partial charge in [-0.05, 0) is 25.0 Å². The average molecular weight is 267 g/mol. The quantitative estimate of drug-likeness (QED) is 0.905. The van der Waals surface area contributed by atoms with E-state index in [2.05, 4.69) is 26.6 Å². The van der Waals surface area contributed by atoms with Gasteiger partial charge >= 0.3 is 0 Å². The van der Waals surface area contributed by atoms with Gasteiger partial charge in [0.15, 0.2) is 0 Å². The second-order valence-corrected chi connectivity index (χ2v) is 6.31. The summed E-state index contributed by atoms with van der Waals surface area (Å²) in [5.74, 6) is 3.61. The van der Waals surface area contributed by atoms with Gasteiger partial charge in [-0.3, -0.25) is 0 Å². The van der Waals surface area contributed by atoms with Crippen molar-refractivity contribution in [2.24, 2.45) is 7.05 Å². The zero-order valence-electron chi connectivity index (χ0n) is 10.8. The lowest BCUT2D eigenvalue weighted by atomic mass is 10.1. The van der Waals surface area contributed by atoms with Gasteiger partial charge in [0.1, 0.15) is 11.9 Å². The minimum absolute atomic E-state index is 0.122. The highest BCUT2D eigenvalue weighted by Crippen LogP contribution is 2.29. The van der Waals surface area contributed by atoms with Crippen molar-refractivity contribution in [2.75, 3.05) is 18.1 Å². The third-order valence-electron chi connectivity index (χ3n) is 3.81. The van der Waals surface area contributed by atoms with Crippen molar-refractivity contribution in [3.05, 3.63) is 18.2 Å². The Morgan fingerprint density at radius 2 is 2.44 bits per heavy atom. The van der Waals surface area contributed by atoms with Gasteiger partial charge in [0, 0.05) is 43.9 Å². The van der Waals surface area contributed by atoms with Crippen LogP contribution in [0.25, 0.3) is 0 Å². The van der Waals surface area contributed by atoms with Crippen LogP contribution in [0.1, 0.15) is 31.2 Å². The molecule has 3 heterocycles. The molecule has 1 N–H and O–H groups in total. The molecule has 3 atom stereocenters. The first kappa shape index (κ1) is 12.5. The fourth-order valence-electron chi connectivity index (χ4n) is 2.84. The van der Waals surface area contributed by atoms with E-state index in [0.717, 1.165) is 18.9 Å². The molecule has 0 unspecified atom stereocenters. The zero-order valence-corrected chi connectivity index (χ0v) is 11.7. The number of nitrogens with one attached hydrogen (secondary N) is 1. The first-order valence-corrected chi connectivity index (χ1v) is 7.92. The van der Waals surface area contributed by atoms with Gasteiger partial charge in [0.25, 0.3) is 0 Å². The van der Waals surface area contributed by atoms with Crippen LogP contribution in [0.15, 0.2) is 12.4 Å². The first-order valence-electron chi connectivity index (χ1n) is 6.77. The largest absolute Gasteiger partial charge is 0.369 e. The van der Waals surface area contributed by atoms with E-state index < -0.39 is 0 Å². The molecule has 0 amide bonds. The van der Waals surface area contributed by atoms with Gasteiger partial charge in [-0.15, -0.1) is 0 Å². The highest BCUT2D eigenvalue weighted by molar-refractivity contribution is 7.99. The Hall–Kier alpha value is -0.520. The lowest BCUT2D eigenvalue weighted by Gasteiger charge is -2.28. The minimum atomic E-state index is 0.122. The standard InChI is InChI=1S/C13H21N3OS/c1-16-6-5-14-13(16)12-11(4-7-17-12)15-10-3-2-8-18-9-10/h5-6,10-12,15H,2-4,7-9H2,1H3/t10-,11+,12+/m1/s1. The predicted octanol–water partition coefficient (Wildman–Crippen LogP) is 1.74. The Morgan fingerprint density at radius 1 is 1.50 bits per heavy atom. The Kier molecular flexibility index (Phi) is 3.91. The van der Waals surface area contributed by atoms with Crippen LogP contribution < -0.4 is 5.32 Å². The monoisotopic (exact) mass is 267 g/mol. The molecule has 18 heavy (non-hydrogen) atoms. The van der Waals surface area contributed by atoms with Crippen LogP contribution in [0.4, 0.5) is 0 Å². The fourth-order valence-corrected chi connectivity index (χ4v) is 3.93. The van der Waals surface area contributed by atoms with Gasteiger partial charge in [-0.1, -0.05) is 0 Å². The molecule has 1 aromatic rings. The van der Waals surface area contributed by atoms with Crippen LogP contribution >= 0.6 is 11.8 Å². The molecule has 0 spiro atoms. The summed E-state index contributed by atoms with van der Waals surface area (Å²) < 4.78 is 7.95. The number of aromatic nitrogens is 2. The van der Waals surface area contributed by atoms with E-state index in [-0.39, 0.29) is 6.10 Å². The van der Waals surface area contributed by atoms with E-state index in [1.165, 1.54) is 24.3 Å². The van der Waals surface area contributed by atoms with Gasteiger partial charge in [-0.2, -0.15) is 11.8 Å². The fraction of sp³-hybridized carbons (Fsp3) is 0.769. The van der Waals surface area contributed by atoms with E-state index in [9.17, 15) is 0 Å². The number of aryl methyl sites for hydroxylation is 1. The van der Waals surface area contributed by atoms with Gasteiger partial charge in [0.2, 0.25) is 0 Å². The molecular formula is C13H21N3OS. The summed E-state index contributed by atoms with van der Waals surface area (Å²) in [5.41, 5.74) is 0. The second kappa shape index (κ2) is 5.63. The maximum atomic E-state index is 5.88. The SMILES string of the molecule is Cn1ccnc1[C@H]1OCC[C@@H]1N[C@@H]1CCCSC1. The van der Waals surface area contributed by atoms with Crippen molar-refractivity contribution in [3.63, 3.8) is 0 Å². The van der Waals surface area contributed by atoms with E-state index in [1.807, 2.05) is 19.4 Å². The van der Waals surface area contributed by atoms with Crippen molar-refractivity contribution in [1.29, 1.82) is 0 Å². The molecule has 100 valence electrons. The molecule has 5 heteroatoms. The lowest BCUT2D eigenvalue weighted by Crippen LogP contribution is -2.43. The van der Waals surface area contributed by atoms with Crippen LogP contribution in [0.3, 0.4) is 0 Å². The van der Waals surface area contributed by atoms with Crippen molar-refractivity contribution >= 4 is 11.8 Å². The maximum absolute atomic E-state index is 5.88. The van der Waals surface area contributed by atoms with Crippen LogP contribution in [0, 0.1) is 0 Å². The van der Waals surface area contributed by atoms with Crippen molar-refractivity contribution < 1.29 is 4.74 Å². The Morgan fingerprint density at radius 3 is 3.17 bits per heavy atom. The van der Waals surface area contributed by atoms with E-state index in [4.69, 9.17) is 4.74 Å². The molecule has 0 saturated carbocycles. The van der Waals surface area contributed by atoms with Crippen molar-refractivity contribution in [2.45, 2.75) is 37.5 Å². The number of imidazole rings is 1. The van der Waals surface area contributed by atoms with Crippen LogP contribution in [0.5, 0.6) is 0 Å². The van der Waals surface area contributed by atoms with Crippen molar-refractivity contribution in [3.8, 4) is 0 Å². The van der Waals surface area contributed by atoms with Crippen molar-refractivity contribution in [1.82, 2.24) is 14.9 Å². The van der Waals surface area contributed by atoms with Crippen LogP contribution in [-0.2, 0) is 11.8 Å². The summed E-state index contributed by atoms with van der Waals surface area (Å²) in [6, 6.07) is 1.08. The molecule has 2 fully saturated rings. The highest BCUT2D eigenvalue weighted by Gasteiger charge is 2.33. The number of ether oxygens (including phenoxy) is 1. The smallest absolute Gasteiger partial charge is 0.139 e. The molecule has 4 nitrogen and oxygen atoms in total. The Bertz CT molecular complexity index is 389. The lowest BCUT2D eigenvalue weighted by molar-refractivity contribution is 0.0874. The summed E-state index contributed by atoms with van der Waals surface area (Å²) in [5, 5.41) is 3.78. The third-order valence-corrected chi connectivity index (χ3v) is 5.03. The molecule has 0 bridgehead atoms.